The number of nitro benzene ring substituents is 1. The van der Waals surface area contributed by atoms with Crippen molar-refractivity contribution in [3.63, 3.8) is 0 Å². The van der Waals surface area contributed by atoms with Gasteiger partial charge >= 0.3 is 0 Å². The van der Waals surface area contributed by atoms with Crippen LogP contribution in [-0.4, -0.2) is 31.1 Å². The van der Waals surface area contributed by atoms with Crippen molar-refractivity contribution in [3.8, 4) is 0 Å². The summed E-state index contributed by atoms with van der Waals surface area (Å²) >= 11 is 0. The largest absolute Gasteiger partial charge is 0.392 e. The van der Waals surface area contributed by atoms with Crippen LogP contribution in [0.5, 0.6) is 0 Å². The average molecular weight is 288 g/mol. The molecule has 0 amide bonds. The van der Waals surface area contributed by atoms with E-state index in [0.717, 1.165) is 0 Å². The van der Waals surface area contributed by atoms with E-state index in [2.05, 4.69) is 4.72 Å². The molecular weight excluding hydrogens is 272 g/mol. The monoisotopic (exact) mass is 288 g/mol. The zero-order chi connectivity index (χ0) is 14.8. The highest BCUT2D eigenvalue weighted by molar-refractivity contribution is 7.89. The van der Waals surface area contributed by atoms with Gasteiger partial charge in [-0.2, -0.15) is 0 Å². The number of aryl methyl sites for hydroxylation is 2. The molecule has 1 unspecified atom stereocenters. The molecular formula is C11H16N2O5S. The van der Waals surface area contributed by atoms with E-state index in [4.69, 9.17) is 5.11 Å². The summed E-state index contributed by atoms with van der Waals surface area (Å²) < 4.78 is 26.3. The fourth-order valence-electron chi connectivity index (χ4n) is 1.72. The van der Waals surface area contributed by atoms with E-state index in [1.165, 1.54) is 19.9 Å². The maximum Gasteiger partial charge on any atom is 0.289 e. The predicted octanol–water partition coefficient (Wildman–Crippen LogP) is 0.871. The number of hydrogen-bond donors (Lipinski definition) is 2. The van der Waals surface area contributed by atoms with Gasteiger partial charge in [0, 0.05) is 12.6 Å². The van der Waals surface area contributed by atoms with Crippen LogP contribution in [0.15, 0.2) is 17.0 Å². The van der Waals surface area contributed by atoms with Crippen LogP contribution in [-0.2, 0) is 10.0 Å². The Morgan fingerprint density at radius 3 is 2.47 bits per heavy atom. The van der Waals surface area contributed by atoms with Gasteiger partial charge in [-0.3, -0.25) is 10.1 Å². The molecule has 0 aliphatic heterocycles. The van der Waals surface area contributed by atoms with Gasteiger partial charge in [0.15, 0.2) is 4.90 Å². The van der Waals surface area contributed by atoms with Crippen molar-refractivity contribution in [2.45, 2.75) is 31.8 Å². The summed E-state index contributed by atoms with van der Waals surface area (Å²) in [7, 11) is -4.03. The molecule has 0 aromatic heterocycles. The lowest BCUT2D eigenvalue weighted by atomic mass is 10.1. The van der Waals surface area contributed by atoms with E-state index >= 15 is 0 Å². The first-order valence-corrected chi connectivity index (χ1v) is 7.07. The van der Waals surface area contributed by atoms with Crippen LogP contribution in [0.1, 0.15) is 18.1 Å². The second-order valence-electron chi connectivity index (χ2n) is 4.39. The average Bonchev–Trinajstić information content (AvgIpc) is 2.24. The highest BCUT2D eigenvalue weighted by Crippen LogP contribution is 2.28. The number of aliphatic hydroxyl groups is 1. The molecule has 0 fully saturated rings. The third-order valence-corrected chi connectivity index (χ3v) is 4.05. The van der Waals surface area contributed by atoms with Gasteiger partial charge in [0.25, 0.3) is 5.69 Å². The summed E-state index contributed by atoms with van der Waals surface area (Å²) in [5.74, 6) is 0. The van der Waals surface area contributed by atoms with Crippen LogP contribution in [0.2, 0.25) is 0 Å². The molecule has 0 aliphatic rings. The van der Waals surface area contributed by atoms with Crippen LogP contribution in [0.4, 0.5) is 5.69 Å². The lowest BCUT2D eigenvalue weighted by molar-refractivity contribution is -0.388. The molecule has 1 aromatic rings. The molecule has 0 heterocycles. The van der Waals surface area contributed by atoms with Crippen molar-refractivity contribution in [1.29, 1.82) is 0 Å². The summed E-state index contributed by atoms with van der Waals surface area (Å²) in [6, 6.07) is 2.77. The van der Waals surface area contributed by atoms with Gasteiger partial charge < -0.3 is 5.11 Å². The normalized spacial score (nSPS) is 13.3. The summed E-state index contributed by atoms with van der Waals surface area (Å²) in [5.41, 5.74) is 0.444. The number of sulfonamides is 1. The van der Waals surface area contributed by atoms with Crippen molar-refractivity contribution in [2.75, 3.05) is 6.54 Å². The van der Waals surface area contributed by atoms with Crippen LogP contribution >= 0.6 is 0 Å². The topological polar surface area (TPSA) is 110 Å². The summed E-state index contributed by atoms with van der Waals surface area (Å²) in [5, 5.41) is 20.1. The molecule has 0 radical (unpaired) electrons. The predicted molar refractivity (Wildman–Crippen MR) is 69.4 cm³/mol. The van der Waals surface area contributed by atoms with E-state index < -0.39 is 26.7 Å². The third kappa shape index (κ3) is 3.72. The molecule has 1 rings (SSSR count). The summed E-state index contributed by atoms with van der Waals surface area (Å²) in [4.78, 5) is 9.89. The van der Waals surface area contributed by atoms with E-state index in [1.54, 1.807) is 13.0 Å². The van der Waals surface area contributed by atoms with E-state index in [0.29, 0.717) is 11.1 Å². The minimum absolute atomic E-state index is 0.202. The first-order chi connectivity index (χ1) is 8.65. The Morgan fingerprint density at radius 1 is 1.42 bits per heavy atom. The van der Waals surface area contributed by atoms with Gasteiger partial charge in [-0.05, 0) is 31.9 Å². The van der Waals surface area contributed by atoms with Crippen LogP contribution < -0.4 is 4.72 Å². The minimum atomic E-state index is -4.03. The first kappa shape index (κ1) is 15.5. The standard InChI is InChI=1S/C11H16N2O5S/c1-7-4-8(2)11(10(5-7)13(15)16)19(17,18)12-6-9(3)14/h4-5,9,12,14H,6H2,1-3H3. The SMILES string of the molecule is Cc1cc(C)c(S(=O)(=O)NCC(C)O)c([N+](=O)[O-])c1. The third-order valence-electron chi connectivity index (χ3n) is 2.43. The van der Waals surface area contributed by atoms with Gasteiger partial charge in [0.1, 0.15) is 0 Å². The number of nitrogens with zero attached hydrogens (tertiary/aromatic N) is 1. The van der Waals surface area contributed by atoms with Crippen molar-refractivity contribution in [1.82, 2.24) is 4.72 Å². The molecule has 19 heavy (non-hydrogen) atoms. The summed E-state index contributed by atoms with van der Waals surface area (Å²) in [6.07, 6.45) is -0.875. The Kier molecular flexibility index (Phi) is 4.61. The van der Waals surface area contributed by atoms with E-state index in [1.807, 2.05) is 0 Å². The molecule has 2 N–H and O–H groups in total. The van der Waals surface area contributed by atoms with Gasteiger partial charge in [-0.15, -0.1) is 0 Å². The first-order valence-electron chi connectivity index (χ1n) is 5.58. The highest BCUT2D eigenvalue weighted by Gasteiger charge is 2.28. The number of rotatable bonds is 5. The number of nitro groups is 1. The number of nitrogens with one attached hydrogen (secondary N) is 1. The zero-order valence-electron chi connectivity index (χ0n) is 10.9. The molecule has 7 nitrogen and oxygen atoms in total. The summed E-state index contributed by atoms with van der Waals surface area (Å²) in [6.45, 7) is 4.36. The van der Waals surface area contributed by atoms with Crippen molar-refractivity contribution in [2.24, 2.45) is 0 Å². The quantitative estimate of drug-likeness (QED) is 0.617. The fourth-order valence-corrected chi connectivity index (χ4v) is 3.22. The Hall–Kier alpha value is -1.51. The molecule has 0 saturated carbocycles. The molecule has 0 saturated heterocycles. The Morgan fingerprint density at radius 2 is 2.00 bits per heavy atom. The minimum Gasteiger partial charge on any atom is -0.392 e. The van der Waals surface area contributed by atoms with Gasteiger partial charge in [-0.25, -0.2) is 13.1 Å². The van der Waals surface area contributed by atoms with Crippen molar-refractivity contribution >= 4 is 15.7 Å². The van der Waals surface area contributed by atoms with Crippen LogP contribution in [0, 0.1) is 24.0 Å². The van der Waals surface area contributed by atoms with E-state index in [9.17, 15) is 18.5 Å². The van der Waals surface area contributed by atoms with Crippen LogP contribution in [0.3, 0.4) is 0 Å². The van der Waals surface area contributed by atoms with E-state index in [-0.39, 0.29) is 11.4 Å². The second kappa shape index (κ2) is 5.64. The molecule has 106 valence electrons. The Bertz CT molecular complexity index is 595. The molecule has 0 aliphatic carbocycles. The smallest absolute Gasteiger partial charge is 0.289 e. The maximum absolute atomic E-state index is 12.1. The van der Waals surface area contributed by atoms with Crippen LogP contribution in [0.25, 0.3) is 0 Å². The fraction of sp³-hybridized carbons (Fsp3) is 0.455. The van der Waals surface area contributed by atoms with Crippen molar-refractivity contribution in [3.05, 3.63) is 33.4 Å². The van der Waals surface area contributed by atoms with Gasteiger partial charge in [-0.1, -0.05) is 6.07 Å². The molecule has 1 atom stereocenters. The maximum atomic E-state index is 12.1. The molecule has 0 bridgehead atoms. The second-order valence-corrected chi connectivity index (χ2v) is 6.09. The zero-order valence-corrected chi connectivity index (χ0v) is 11.7. The van der Waals surface area contributed by atoms with Gasteiger partial charge in [0.05, 0.1) is 11.0 Å². The Balaban J connectivity index is 3.37. The lowest BCUT2D eigenvalue weighted by Crippen LogP contribution is -2.31. The van der Waals surface area contributed by atoms with Gasteiger partial charge in [0.2, 0.25) is 10.0 Å². The Labute approximate surface area is 111 Å². The highest BCUT2D eigenvalue weighted by atomic mass is 32.2. The number of hydrogen-bond acceptors (Lipinski definition) is 5. The lowest BCUT2D eigenvalue weighted by Gasteiger charge is -2.11. The number of aliphatic hydroxyl groups excluding tert-OH is 1. The van der Waals surface area contributed by atoms with Crippen molar-refractivity contribution < 1.29 is 18.4 Å². The molecule has 1 aromatic carbocycles. The number of benzene rings is 1. The molecule has 8 heteroatoms. The molecule has 0 spiro atoms.